The van der Waals surface area contributed by atoms with Gasteiger partial charge >= 0.3 is 0 Å². The van der Waals surface area contributed by atoms with Crippen LogP contribution in [0.1, 0.15) is 0 Å². The molecule has 2 aliphatic heterocycles. The van der Waals surface area contributed by atoms with Crippen molar-refractivity contribution in [2.24, 2.45) is 0 Å². The number of hydrogen-bond acceptors (Lipinski definition) is 3. The summed E-state index contributed by atoms with van der Waals surface area (Å²) in [6, 6.07) is 0. The molecule has 0 aromatic carbocycles. The maximum Gasteiger partial charge on any atom is 0.213 e. The lowest BCUT2D eigenvalue weighted by Gasteiger charge is -2.11. The number of carbonyl (C=O) groups is 1. The lowest BCUT2D eigenvalue weighted by atomic mass is 10.4. The topological polar surface area (TPSA) is 44.4 Å². The van der Waals surface area contributed by atoms with Gasteiger partial charge in [0.15, 0.2) is 0 Å². The Bertz CT molecular complexity index is 198. The molecule has 1 amide bonds. The van der Waals surface area contributed by atoms with Crippen molar-refractivity contribution in [3.8, 4) is 0 Å². The molecule has 0 radical (unpaired) electrons. The van der Waals surface area contributed by atoms with Gasteiger partial charge in [-0.05, 0) is 6.08 Å². The molecule has 0 aromatic heterocycles. The van der Waals surface area contributed by atoms with Crippen LogP contribution >= 0.6 is 0 Å². The summed E-state index contributed by atoms with van der Waals surface area (Å²) in [5.41, 5.74) is 0. The van der Waals surface area contributed by atoms with Crippen molar-refractivity contribution in [1.82, 2.24) is 15.5 Å². The van der Waals surface area contributed by atoms with Gasteiger partial charge < -0.3 is 15.5 Å². The van der Waals surface area contributed by atoms with Crippen LogP contribution in [0.25, 0.3) is 0 Å². The van der Waals surface area contributed by atoms with Crippen molar-refractivity contribution in [2.75, 3.05) is 32.7 Å². The van der Waals surface area contributed by atoms with Gasteiger partial charge in [-0.15, -0.1) is 0 Å². The van der Waals surface area contributed by atoms with Gasteiger partial charge in [-0.3, -0.25) is 4.79 Å². The summed E-state index contributed by atoms with van der Waals surface area (Å²) >= 11 is 0. The maximum atomic E-state index is 10.0. The molecule has 4 heteroatoms. The average molecular weight is 195 g/mol. The van der Waals surface area contributed by atoms with Crippen LogP contribution in [0, 0.1) is 0 Å². The number of hydrogen-bond donors (Lipinski definition) is 2. The highest BCUT2D eigenvalue weighted by Crippen LogP contribution is 1.92. The third-order valence-corrected chi connectivity index (χ3v) is 1.93. The Hall–Kier alpha value is -1.13. The number of piperazine rings is 1. The van der Waals surface area contributed by atoms with Crippen molar-refractivity contribution < 1.29 is 4.79 Å². The van der Waals surface area contributed by atoms with Gasteiger partial charge in [0.1, 0.15) is 0 Å². The van der Waals surface area contributed by atoms with Crippen molar-refractivity contribution in [1.29, 1.82) is 0 Å². The summed E-state index contributed by atoms with van der Waals surface area (Å²) in [6.45, 7) is 5.26. The zero-order valence-corrected chi connectivity index (χ0v) is 8.28. The van der Waals surface area contributed by atoms with E-state index in [1.165, 1.54) is 0 Å². The minimum atomic E-state index is 0.708. The number of nitrogens with zero attached hydrogens (tertiary/aromatic N) is 1. The van der Waals surface area contributed by atoms with Crippen LogP contribution in [-0.2, 0) is 4.79 Å². The summed E-state index contributed by atoms with van der Waals surface area (Å²) in [5.74, 6) is 0. The lowest BCUT2D eigenvalue weighted by molar-refractivity contribution is -0.115. The zero-order chi connectivity index (χ0) is 10.1. The molecule has 1 fully saturated rings. The molecule has 0 spiro atoms. The summed E-state index contributed by atoms with van der Waals surface area (Å²) in [5, 5.41) is 6.44. The fourth-order valence-electron chi connectivity index (χ4n) is 1.16. The van der Waals surface area contributed by atoms with E-state index in [9.17, 15) is 4.79 Å². The van der Waals surface area contributed by atoms with Gasteiger partial charge in [0.2, 0.25) is 6.41 Å². The summed E-state index contributed by atoms with van der Waals surface area (Å²) in [6.07, 6.45) is 8.22. The predicted octanol–water partition coefficient (Wildman–Crippen LogP) is -0.292. The Kier molecular flexibility index (Phi) is 5.70. The van der Waals surface area contributed by atoms with Gasteiger partial charge in [0.05, 0.1) is 0 Å². The van der Waals surface area contributed by atoms with Crippen LogP contribution in [-0.4, -0.2) is 44.0 Å². The smallest absolute Gasteiger partial charge is 0.213 e. The molecule has 2 heterocycles. The summed E-state index contributed by atoms with van der Waals surface area (Å²) in [7, 11) is 0. The van der Waals surface area contributed by atoms with E-state index in [0.29, 0.717) is 6.54 Å². The highest BCUT2D eigenvalue weighted by atomic mass is 16.1. The van der Waals surface area contributed by atoms with E-state index >= 15 is 0 Å². The first-order chi connectivity index (χ1) is 6.93. The Morgan fingerprint density at radius 1 is 1.07 bits per heavy atom. The van der Waals surface area contributed by atoms with E-state index in [2.05, 4.69) is 10.6 Å². The van der Waals surface area contributed by atoms with Gasteiger partial charge in [0.25, 0.3) is 0 Å². The largest absolute Gasteiger partial charge is 0.318 e. The fraction of sp³-hybridized carbons (Fsp3) is 0.500. The highest BCUT2D eigenvalue weighted by molar-refractivity contribution is 5.50. The lowest BCUT2D eigenvalue weighted by Crippen LogP contribution is -2.39. The Labute approximate surface area is 84.7 Å². The third kappa shape index (κ3) is 4.79. The molecular weight excluding hydrogens is 178 g/mol. The second-order valence-corrected chi connectivity index (χ2v) is 3.07. The van der Waals surface area contributed by atoms with Crippen LogP contribution in [0.3, 0.4) is 0 Å². The molecule has 0 unspecified atom stereocenters. The minimum absolute atomic E-state index is 0.708. The standard InChI is InChI=1S/C6H7NO.C4H10N2/c8-6-7-4-2-1-3-5-7;1-2-6-4-3-5-1/h1-4,6H,5H2;5-6H,1-4H2. The zero-order valence-electron chi connectivity index (χ0n) is 8.28. The van der Waals surface area contributed by atoms with Gasteiger partial charge in [0, 0.05) is 38.9 Å². The molecule has 78 valence electrons. The first-order valence-corrected chi connectivity index (χ1v) is 4.89. The van der Waals surface area contributed by atoms with Crippen LogP contribution < -0.4 is 10.6 Å². The molecule has 2 aliphatic rings. The molecule has 1 saturated heterocycles. The van der Waals surface area contributed by atoms with Crippen molar-refractivity contribution in [3.63, 3.8) is 0 Å². The van der Waals surface area contributed by atoms with Crippen molar-refractivity contribution in [2.45, 2.75) is 0 Å². The van der Waals surface area contributed by atoms with E-state index < -0.39 is 0 Å². The molecule has 2 N–H and O–H groups in total. The first-order valence-electron chi connectivity index (χ1n) is 4.89. The number of amides is 1. The average Bonchev–Trinajstić information content (AvgIpc) is 2.33. The number of allylic oxidation sites excluding steroid dienone is 2. The highest BCUT2D eigenvalue weighted by Gasteiger charge is 1.92. The number of carbonyl (C=O) groups excluding carboxylic acids is 1. The Morgan fingerprint density at radius 2 is 1.71 bits per heavy atom. The normalized spacial score (nSPS) is 19.9. The van der Waals surface area contributed by atoms with Crippen LogP contribution in [0.5, 0.6) is 0 Å². The second-order valence-electron chi connectivity index (χ2n) is 3.07. The number of nitrogens with one attached hydrogen (secondary N) is 2. The predicted molar refractivity (Wildman–Crippen MR) is 56.8 cm³/mol. The molecule has 0 saturated carbocycles. The van der Waals surface area contributed by atoms with E-state index in [4.69, 9.17) is 0 Å². The number of rotatable bonds is 1. The molecule has 14 heavy (non-hydrogen) atoms. The van der Waals surface area contributed by atoms with Crippen LogP contribution in [0.2, 0.25) is 0 Å². The molecule has 0 aromatic rings. The summed E-state index contributed by atoms with van der Waals surface area (Å²) < 4.78 is 0. The first kappa shape index (κ1) is 10.9. The third-order valence-electron chi connectivity index (χ3n) is 1.93. The monoisotopic (exact) mass is 195 g/mol. The molecule has 0 atom stereocenters. The van der Waals surface area contributed by atoms with Gasteiger partial charge in [-0.2, -0.15) is 0 Å². The van der Waals surface area contributed by atoms with Crippen molar-refractivity contribution >= 4 is 6.41 Å². The van der Waals surface area contributed by atoms with E-state index in [1.807, 2.05) is 18.2 Å². The molecule has 4 nitrogen and oxygen atoms in total. The minimum Gasteiger partial charge on any atom is -0.318 e. The SMILES string of the molecule is C1CNCCN1.O=CN1C=CC=CC1. The molecule has 0 bridgehead atoms. The van der Waals surface area contributed by atoms with Crippen molar-refractivity contribution in [3.05, 3.63) is 24.4 Å². The molecule has 0 aliphatic carbocycles. The maximum absolute atomic E-state index is 10.0. The Balaban J connectivity index is 0.000000146. The second kappa shape index (κ2) is 7.29. The molecule has 2 rings (SSSR count). The van der Waals surface area contributed by atoms with E-state index in [0.717, 1.165) is 32.6 Å². The van der Waals surface area contributed by atoms with Crippen LogP contribution in [0.4, 0.5) is 0 Å². The summed E-state index contributed by atoms with van der Waals surface area (Å²) in [4.78, 5) is 11.6. The Morgan fingerprint density at radius 3 is 2.00 bits per heavy atom. The van der Waals surface area contributed by atoms with Gasteiger partial charge in [-0.1, -0.05) is 12.2 Å². The fourth-order valence-corrected chi connectivity index (χ4v) is 1.16. The van der Waals surface area contributed by atoms with Crippen LogP contribution in [0.15, 0.2) is 24.4 Å². The van der Waals surface area contributed by atoms with E-state index in [-0.39, 0.29) is 0 Å². The molecular formula is C10H17N3O. The van der Waals surface area contributed by atoms with E-state index in [1.54, 1.807) is 11.1 Å². The van der Waals surface area contributed by atoms with Gasteiger partial charge in [-0.25, -0.2) is 0 Å². The quantitative estimate of drug-likeness (QED) is 0.565.